The van der Waals surface area contributed by atoms with Gasteiger partial charge in [0.25, 0.3) is 5.56 Å². The number of nitrogens with one attached hydrogen (secondary N) is 1. The van der Waals surface area contributed by atoms with Crippen molar-refractivity contribution in [3.8, 4) is 5.69 Å². The summed E-state index contributed by atoms with van der Waals surface area (Å²) in [6, 6.07) is 6.05. The SMILES string of the molecule is COCc1[nH]n(-c2ccccc2F)c(=O)c1Br. The number of para-hydroxylation sites is 1. The summed E-state index contributed by atoms with van der Waals surface area (Å²) in [4.78, 5) is 11.9. The second-order valence-electron chi connectivity index (χ2n) is 3.43. The largest absolute Gasteiger partial charge is 0.378 e. The Bertz CT molecular complexity index is 591. The lowest BCUT2D eigenvalue weighted by Gasteiger charge is -2.02. The van der Waals surface area contributed by atoms with Crippen LogP contribution in [-0.4, -0.2) is 16.9 Å². The molecule has 0 amide bonds. The fraction of sp³-hybridized carbons (Fsp3) is 0.182. The quantitative estimate of drug-likeness (QED) is 0.945. The van der Waals surface area contributed by atoms with Crippen LogP contribution in [0, 0.1) is 5.82 Å². The number of H-pyrrole nitrogens is 1. The second kappa shape index (κ2) is 4.85. The number of aromatic amines is 1. The zero-order valence-electron chi connectivity index (χ0n) is 9.04. The van der Waals surface area contributed by atoms with Crippen LogP contribution in [-0.2, 0) is 11.3 Å². The molecule has 6 heteroatoms. The van der Waals surface area contributed by atoms with Gasteiger partial charge in [-0.1, -0.05) is 12.1 Å². The molecule has 0 aliphatic heterocycles. The van der Waals surface area contributed by atoms with Gasteiger partial charge in [-0.3, -0.25) is 9.89 Å². The van der Waals surface area contributed by atoms with Crippen molar-refractivity contribution in [2.75, 3.05) is 7.11 Å². The maximum absolute atomic E-state index is 13.6. The summed E-state index contributed by atoms with van der Waals surface area (Å²) in [5, 5.41) is 2.80. The van der Waals surface area contributed by atoms with Crippen LogP contribution >= 0.6 is 15.9 Å². The molecule has 0 saturated carbocycles. The van der Waals surface area contributed by atoms with Gasteiger partial charge in [0.2, 0.25) is 0 Å². The summed E-state index contributed by atoms with van der Waals surface area (Å²) < 4.78 is 20.0. The molecule has 17 heavy (non-hydrogen) atoms. The van der Waals surface area contributed by atoms with Gasteiger partial charge in [-0.25, -0.2) is 9.07 Å². The van der Waals surface area contributed by atoms with Crippen molar-refractivity contribution in [2.45, 2.75) is 6.61 Å². The van der Waals surface area contributed by atoms with Crippen LogP contribution in [0.4, 0.5) is 4.39 Å². The van der Waals surface area contributed by atoms with Gasteiger partial charge in [-0.05, 0) is 28.1 Å². The van der Waals surface area contributed by atoms with Gasteiger partial charge in [-0.2, -0.15) is 0 Å². The number of benzene rings is 1. The van der Waals surface area contributed by atoms with Gasteiger partial charge in [-0.15, -0.1) is 0 Å². The predicted molar refractivity (Wildman–Crippen MR) is 64.8 cm³/mol. The van der Waals surface area contributed by atoms with E-state index in [1.807, 2.05) is 0 Å². The lowest BCUT2D eigenvalue weighted by atomic mass is 10.3. The number of hydrogen-bond donors (Lipinski definition) is 1. The monoisotopic (exact) mass is 300 g/mol. The number of hydrogen-bond acceptors (Lipinski definition) is 2. The van der Waals surface area contributed by atoms with E-state index in [1.54, 1.807) is 12.1 Å². The molecule has 1 heterocycles. The van der Waals surface area contributed by atoms with E-state index in [-0.39, 0.29) is 17.9 Å². The fourth-order valence-electron chi connectivity index (χ4n) is 1.50. The third-order valence-corrected chi connectivity index (χ3v) is 3.10. The molecule has 0 radical (unpaired) electrons. The van der Waals surface area contributed by atoms with E-state index in [1.165, 1.54) is 19.2 Å². The van der Waals surface area contributed by atoms with Gasteiger partial charge in [0.15, 0.2) is 0 Å². The van der Waals surface area contributed by atoms with Crippen molar-refractivity contribution >= 4 is 15.9 Å². The van der Waals surface area contributed by atoms with Gasteiger partial charge >= 0.3 is 0 Å². The highest BCUT2D eigenvalue weighted by Crippen LogP contribution is 2.15. The van der Waals surface area contributed by atoms with Crippen molar-refractivity contribution in [3.63, 3.8) is 0 Å². The molecule has 2 aromatic rings. The second-order valence-corrected chi connectivity index (χ2v) is 4.22. The van der Waals surface area contributed by atoms with Crippen molar-refractivity contribution in [3.05, 3.63) is 50.6 Å². The summed E-state index contributed by atoms with van der Waals surface area (Å²) in [6.07, 6.45) is 0. The normalized spacial score (nSPS) is 10.8. The number of methoxy groups -OCH3 is 1. The number of ether oxygens (including phenoxy) is 1. The topological polar surface area (TPSA) is 47.0 Å². The Hall–Kier alpha value is -1.40. The summed E-state index contributed by atoms with van der Waals surface area (Å²) in [6.45, 7) is 0.247. The van der Waals surface area contributed by atoms with Gasteiger partial charge in [0.1, 0.15) is 16.0 Å². The van der Waals surface area contributed by atoms with Crippen LogP contribution < -0.4 is 5.56 Å². The lowest BCUT2D eigenvalue weighted by molar-refractivity contribution is 0.180. The van der Waals surface area contributed by atoms with E-state index in [9.17, 15) is 9.18 Å². The van der Waals surface area contributed by atoms with Crippen LogP contribution in [0.15, 0.2) is 33.5 Å². The number of halogens is 2. The van der Waals surface area contributed by atoms with Gasteiger partial charge in [0, 0.05) is 7.11 Å². The van der Waals surface area contributed by atoms with Gasteiger partial charge in [0.05, 0.1) is 12.3 Å². The molecule has 2 rings (SSSR count). The maximum Gasteiger partial charge on any atom is 0.285 e. The Morgan fingerprint density at radius 1 is 1.47 bits per heavy atom. The van der Waals surface area contributed by atoms with E-state index in [4.69, 9.17) is 4.74 Å². The molecule has 90 valence electrons. The van der Waals surface area contributed by atoms with Gasteiger partial charge < -0.3 is 4.74 Å². The first-order valence-electron chi connectivity index (χ1n) is 4.88. The molecule has 0 fully saturated rings. The van der Waals surface area contributed by atoms with Crippen LogP contribution in [0.3, 0.4) is 0 Å². The third-order valence-electron chi connectivity index (χ3n) is 2.28. The maximum atomic E-state index is 13.6. The Morgan fingerprint density at radius 2 is 2.18 bits per heavy atom. The van der Waals surface area contributed by atoms with Crippen molar-refractivity contribution in [1.29, 1.82) is 0 Å². The van der Waals surface area contributed by atoms with E-state index in [0.29, 0.717) is 10.2 Å². The van der Waals surface area contributed by atoms with Crippen molar-refractivity contribution in [2.24, 2.45) is 0 Å². The minimum absolute atomic E-state index is 0.181. The highest BCUT2D eigenvalue weighted by Gasteiger charge is 2.14. The minimum Gasteiger partial charge on any atom is -0.378 e. The smallest absolute Gasteiger partial charge is 0.285 e. The Morgan fingerprint density at radius 3 is 2.82 bits per heavy atom. The van der Waals surface area contributed by atoms with Crippen molar-refractivity contribution in [1.82, 2.24) is 9.78 Å². The molecule has 0 aliphatic carbocycles. The summed E-state index contributed by atoms with van der Waals surface area (Å²) in [5.41, 5.74) is 0.406. The Balaban J connectivity index is 2.58. The predicted octanol–water partition coefficient (Wildman–Crippen LogP) is 2.21. The molecule has 1 aromatic heterocycles. The zero-order valence-corrected chi connectivity index (χ0v) is 10.6. The first-order valence-corrected chi connectivity index (χ1v) is 5.67. The van der Waals surface area contributed by atoms with E-state index >= 15 is 0 Å². The third kappa shape index (κ3) is 2.18. The summed E-state index contributed by atoms with van der Waals surface area (Å²) >= 11 is 3.16. The highest BCUT2D eigenvalue weighted by atomic mass is 79.9. The molecule has 4 nitrogen and oxygen atoms in total. The standard InChI is InChI=1S/C11H10BrFN2O2/c1-17-6-8-10(12)11(16)15(14-8)9-5-3-2-4-7(9)13/h2-5,14H,6H2,1H3. The first-order chi connectivity index (χ1) is 8.15. The lowest BCUT2D eigenvalue weighted by Crippen LogP contribution is -2.15. The summed E-state index contributed by atoms with van der Waals surface area (Å²) in [5.74, 6) is -0.465. The molecule has 0 saturated heterocycles. The fourth-order valence-corrected chi connectivity index (χ4v) is 1.89. The summed E-state index contributed by atoms with van der Waals surface area (Å²) in [7, 11) is 1.52. The van der Waals surface area contributed by atoms with E-state index < -0.39 is 5.82 Å². The average Bonchev–Trinajstić information content (AvgIpc) is 2.59. The van der Waals surface area contributed by atoms with Crippen LogP contribution in [0.25, 0.3) is 5.69 Å². The van der Waals surface area contributed by atoms with Crippen LogP contribution in [0.5, 0.6) is 0 Å². The molecule has 0 bridgehead atoms. The molecule has 0 aliphatic rings. The van der Waals surface area contributed by atoms with E-state index in [2.05, 4.69) is 21.0 Å². The zero-order chi connectivity index (χ0) is 12.4. The molecular weight excluding hydrogens is 291 g/mol. The number of rotatable bonds is 3. The molecule has 1 N–H and O–H groups in total. The van der Waals surface area contributed by atoms with Crippen LogP contribution in [0.1, 0.15) is 5.69 Å². The van der Waals surface area contributed by atoms with E-state index in [0.717, 1.165) is 4.68 Å². The number of nitrogens with zero attached hydrogens (tertiary/aromatic N) is 1. The molecule has 0 atom stereocenters. The Labute approximate surface area is 105 Å². The Kier molecular flexibility index (Phi) is 3.44. The molecular formula is C11H10BrFN2O2. The molecule has 0 spiro atoms. The number of aromatic nitrogens is 2. The molecule has 0 unspecified atom stereocenters. The first kappa shape index (κ1) is 12.1. The highest BCUT2D eigenvalue weighted by molar-refractivity contribution is 9.10. The van der Waals surface area contributed by atoms with Crippen LogP contribution in [0.2, 0.25) is 0 Å². The van der Waals surface area contributed by atoms with Crippen molar-refractivity contribution < 1.29 is 9.13 Å². The average molecular weight is 301 g/mol. The molecule has 1 aromatic carbocycles. The minimum atomic E-state index is -0.465.